The van der Waals surface area contributed by atoms with Crippen molar-refractivity contribution in [2.45, 2.75) is 38.5 Å². The molecule has 1 amide bonds. The fraction of sp³-hybridized carbons (Fsp3) is 0.579. The zero-order chi connectivity index (χ0) is 18.9. The minimum Gasteiger partial charge on any atom is -0.444 e. The highest BCUT2D eigenvalue weighted by atomic mass is 19.1. The van der Waals surface area contributed by atoms with E-state index in [-0.39, 0.29) is 23.8 Å². The van der Waals surface area contributed by atoms with Gasteiger partial charge in [-0.15, -0.1) is 0 Å². The molecule has 0 aromatic heterocycles. The molecule has 2 fully saturated rings. The first-order valence-corrected chi connectivity index (χ1v) is 8.81. The van der Waals surface area contributed by atoms with Crippen LogP contribution in [0.25, 0.3) is 0 Å². The van der Waals surface area contributed by atoms with Crippen molar-refractivity contribution >= 4 is 6.09 Å². The molecular formula is C19H24FN3O3. The van der Waals surface area contributed by atoms with Crippen molar-refractivity contribution in [3.05, 3.63) is 35.1 Å². The molecule has 2 aliphatic heterocycles. The summed E-state index contributed by atoms with van der Waals surface area (Å²) in [6.45, 7) is 8.68. The van der Waals surface area contributed by atoms with Crippen LogP contribution in [0.5, 0.6) is 0 Å². The van der Waals surface area contributed by atoms with E-state index in [1.807, 2.05) is 26.8 Å². The number of halogens is 1. The molecule has 140 valence electrons. The van der Waals surface area contributed by atoms with Gasteiger partial charge in [0, 0.05) is 26.2 Å². The lowest BCUT2D eigenvalue weighted by Gasteiger charge is -2.47. The number of carbonyl (C=O) groups excluding carboxylic acids is 1. The minimum absolute atomic E-state index is 0.00281. The monoisotopic (exact) mass is 361 g/mol. The summed E-state index contributed by atoms with van der Waals surface area (Å²) in [4.78, 5) is 16.4. The van der Waals surface area contributed by atoms with Crippen molar-refractivity contribution in [1.82, 2.24) is 9.80 Å². The van der Waals surface area contributed by atoms with Crippen molar-refractivity contribution in [2.24, 2.45) is 0 Å². The highest BCUT2D eigenvalue weighted by Gasteiger charge is 2.39. The van der Waals surface area contributed by atoms with E-state index < -0.39 is 11.4 Å². The third-order valence-electron chi connectivity index (χ3n) is 4.65. The van der Waals surface area contributed by atoms with Gasteiger partial charge in [0.15, 0.2) is 0 Å². The predicted octanol–water partition coefficient (Wildman–Crippen LogP) is 2.69. The standard InChI is InChI=1S/C19H24FN3O3/c1-19(2,3)26-18(24)23-7-6-22-8-9-25-17(16(22)12-23)13-4-5-15(20)14(10-13)11-21/h4-5,10,16-17H,6-9,12H2,1-3H3. The lowest BCUT2D eigenvalue weighted by molar-refractivity contribution is -0.0998. The summed E-state index contributed by atoms with van der Waals surface area (Å²) in [5.41, 5.74) is 0.210. The van der Waals surface area contributed by atoms with Gasteiger partial charge in [-0.1, -0.05) is 6.07 Å². The molecular weight excluding hydrogens is 337 g/mol. The van der Waals surface area contributed by atoms with Gasteiger partial charge in [0.1, 0.15) is 17.5 Å². The molecule has 1 aromatic rings. The number of hydrogen-bond acceptors (Lipinski definition) is 5. The van der Waals surface area contributed by atoms with Crippen molar-refractivity contribution in [2.75, 3.05) is 32.8 Å². The molecule has 2 unspecified atom stereocenters. The number of hydrogen-bond donors (Lipinski definition) is 0. The Morgan fingerprint density at radius 1 is 1.35 bits per heavy atom. The third-order valence-corrected chi connectivity index (χ3v) is 4.65. The maximum Gasteiger partial charge on any atom is 0.410 e. The second-order valence-corrected chi connectivity index (χ2v) is 7.67. The number of nitrogens with zero attached hydrogens (tertiary/aromatic N) is 3. The van der Waals surface area contributed by atoms with Crippen molar-refractivity contribution < 1.29 is 18.7 Å². The zero-order valence-electron chi connectivity index (χ0n) is 15.4. The first-order chi connectivity index (χ1) is 12.3. The molecule has 0 spiro atoms. The number of piperazine rings is 1. The molecule has 2 aliphatic rings. The zero-order valence-corrected chi connectivity index (χ0v) is 15.4. The molecule has 2 saturated heterocycles. The van der Waals surface area contributed by atoms with Gasteiger partial charge in [0.05, 0.1) is 24.3 Å². The second kappa shape index (κ2) is 7.22. The van der Waals surface area contributed by atoms with Crippen molar-refractivity contribution in [3.63, 3.8) is 0 Å². The Hall–Kier alpha value is -2.17. The molecule has 3 rings (SSSR count). The lowest BCUT2D eigenvalue weighted by atomic mass is 9.95. The van der Waals surface area contributed by atoms with E-state index in [4.69, 9.17) is 14.7 Å². The van der Waals surface area contributed by atoms with Crippen LogP contribution < -0.4 is 0 Å². The van der Waals surface area contributed by atoms with Gasteiger partial charge in [-0.2, -0.15) is 5.26 Å². The van der Waals surface area contributed by atoms with Gasteiger partial charge in [0.25, 0.3) is 0 Å². The van der Waals surface area contributed by atoms with Crippen LogP contribution in [0.1, 0.15) is 38.0 Å². The topological polar surface area (TPSA) is 65.8 Å². The highest BCUT2D eigenvalue weighted by molar-refractivity contribution is 5.68. The fourth-order valence-electron chi connectivity index (χ4n) is 3.44. The predicted molar refractivity (Wildman–Crippen MR) is 93.0 cm³/mol. The average Bonchev–Trinajstić information content (AvgIpc) is 2.60. The molecule has 26 heavy (non-hydrogen) atoms. The molecule has 2 heterocycles. The van der Waals surface area contributed by atoms with Crippen LogP contribution in [-0.4, -0.2) is 60.3 Å². The average molecular weight is 361 g/mol. The third kappa shape index (κ3) is 3.97. The number of nitriles is 1. The Labute approximate surface area is 153 Å². The summed E-state index contributed by atoms with van der Waals surface area (Å²) in [5, 5.41) is 9.09. The first-order valence-electron chi connectivity index (χ1n) is 8.81. The van der Waals surface area contributed by atoms with Gasteiger partial charge in [-0.05, 0) is 38.5 Å². The number of fused-ring (bicyclic) bond motifs is 1. The number of rotatable bonds is 1. The van der Waals surface area contributed by atoms with Gasteiger partial charge in [-0.3, -0.25) is 4.90 Å². The van der Waals surface area contributed by atoms with E-state index in [2.05, 4.69) is 4.90 Å². The van der Waals surface area contributed by atoms with Crippen molar-refractivity contribution in [1.29, 1.82) is 5.26 Å². The van der Waals surface area contributed by atoms with Gasteiger partial charge in [-0.25, -0.2) is 9.18 Å². The lowest BCUT2D eigenvalue weighted by Crippen LogP contribution is -2.60. The molecule has 0 saturated carbocycles. The molecule has 0 bridgehead atoms. The number of amides is 1. The molecule has 2 atom stereocenters. The van der Waals surface area contributed by atoms with Gasteiger partial charge < -0.3 is 14.4 Å². The van der Waals surface area contributed by atoms with Crippen LogP contribution in [0.3, 0.4) is 0 Å². The van der Waals surface area contributed by atoms with E-state index in [0.717, 1.165) is 18.7 Å². The molecule has 0 aliphatic carbocycles. The number of morpholine rings is 1. The molecule has 6 nitrogen and oxygen atoms in total. The van der Waals surface area contributed by atoms with Crippen LogP contribution in [-0.2, 0) is 9.47 Å². The van der Waals surface area contributed by atoms with E-state index in [0.29, 0.717) is 19.7 Å². The van der Waals surface area contributed by atoms with Crippen LogP contribution in [0.4, 0.5) is 9.18 Å². The quantitative estimate of drug-likeness (QED) is 0.769. The Kier molecular flexibility index (Phi) is 5.17. The van der Waals surface area contributed by atoms with E-state index in [9.17, 15) is 9.18 Å². The fourth-order valence-corrected chi connectivity index (χ4v) is 3.44. The van der Waals surface area contributed by atoms with Crippen LogP contribution in [0.15, 0.2) is 18.2 Å². The Balaban J connectivity index is 1.80. The van der Waals surface area contributed by atoms with E-state index >= 15 is 0 Å². The first kappa shape index (κ1) is 18.6. The summed E-state index contributed by atoms with van der Waals surface area (Å²) >= 11 is 0. The Morgan fingerprint density at radius 2 is 2.12 bits per heavy atom. The highest BCUT2D eigenvalue weighted by Crippen LogP contribution is 2.32. The van der Waals surface area contributed by atoms with Crippen molar-refractivity contribution in [3.8, 4) is 6.07 Å². The maximum absolute atomic E-state index is 13.7. The SMILES string of the molecule is CC(C)(C)OC(=O)N1CCN2CCOC(c3ccc(F)c(C#N)c3)C2C1. The molecule has 0 radical (unpaired) electrons. The smallest absolute Gasteiger partial charge is 0.410 e. The summed E-state index contributed by atoms with van der Waals surface area (Å²) in [6, 6.07) is 6.30. The maximum atomic E-state index is 13.7. The minimum atomic E-state index is -0.546. The second-order valence-electron chi connectivity index (χ2n) is 7.67. The largest absolute Gasteiger partial charge is 0.444 e. The van der Waals surface area contributed by atoms with Crippen LogP contribution in [0.2, 0.25) is 0 Å². The summed E-state index contributed by atoms with van der Waals surface area (Å²) in [7, 11) is 0. The van der Waals surface area contributed by atoms with Crippen LogP contribution in [0, 0.1) is 17.1 Å². The molecule has 1 aromatic carbocycles. The summed E-state index contributed by atoms with van der Waals surface area (Å²) in [5.74, 6) is -0.539. The summed E-state index contributed by atoms with van der Waals surface area (Å²) in [6.07, 6.45) is -0.653. The van der Waals surface area contributed by atoms with E-state index in [1.165, 1.54) is 12.1 Å². The molecule has 7 heteroatoms. The van der Waals surface area contributed by atoms with Gasteiger partial charge in [0.2, 0.25) is 0 Å². The normalized spacial score (nSPS) is 23.9. The Morgan fingerprint density at radius 3 is 2.81 bits per heavy atom. The summed E-state index contributed by atoms with van der Waals surface area (Å²) < 4.78 is 25.1. The number of benzene rings is 1. The van der Waals surface area contributed by atoms with Gasteiger partial charge >= 0.3 is 6.09 Å². The molecule has 0 N–H and O–H groups in total. The number of ether oxygens (including phenoxy) is 2. The van der Waals surface area contributed by atoms with E-state index in [1.54, 1.807) is 11.0 Å². The Bertz CT molecular complexity index is 726. The van der Waals surface area contributed by atoms with Crippen LogP contribution >= 0.6 is 0 Å². The number of carbonyl (C=O) groups is 1.